The Hall–Kier alpha value is -2.48. The predicted molar refractivity (Wildman–Crippen MR) is 97.8 cm³/mol. The number of fused-ring (bicyclic) bond motifs is 1. The molecule has 2 aliphatic heterocycles. The Morgan fingerprint density at radius 1 is 1.04 bits per heavy atom. The molecule has 0 radical (unpaired) electrons. The second-order valence-electron chi connectivity index (χ2n) is 6.71. The molecule has 2 heterocycles. The Balaban J connectivity index is 1.85. The second-order valence-corrected chi connectivity index (χ2v) is 6.71. The predicted octanol–water partition coefficient (Wildman–Crippen LogP) is 1.38. The van der Waals surface area contributed by atoms with E-state index in [2.05, 4.69) is 21.7 Å². The molecule has 142 valence electrons. The molecule has 0 N–H and O–H groups in total. The van der Waals surface area contributed by atoms with Crippen molar-refractivity contribution in [2.45, 2.75) is 13.0 Å². The summed E-state index contributed by atoms with van der Waals surface area (Å²) in [5.41, 5.74) is 2.33. The van der Waals surface area contributed by atoms with Crippen LogP contribution in [0.2, 0.25) is 0 Å². The van der Waals surface area contributed by atoms with Crippen LogP contribution in [0.4, 0.5) is 0 Å². The molecule has 0 aliphatic carbocycles. The largest absolute Gasteiger partial charge is 0.493 e. The summed E-state index contributed by atoms with van der Waals surface area (Å²) in [7, 11) is 5.32. The summed E-state index contributed by atoms with van der Waals surface area (Å²) >= 11 is 0. The first-order chi connectivity index (χ1) is 12.5. The summed E-state index contributed by atoms with van der Waals surface area (Å²) < 4.78 is 10.8. The molecule has 0 aromatic heterocycles. The number of hydrogen-bond donors (Lipinski definition) is 0. The first-order valence-corrected chi connectivity index (χ1v) is 8.79. The van der Waals surface area contributed by atoms with Gasteiger partial charge in [0, 0.05) is 39.3 Å². The highest BCUT2D eigenvalue weighted by molar-refractivity contribution is 5.48. The lowest BCUT2D eigenvalue weighted by atomic mass is 9.98. The van der Waals surface area contributed by atoms with E-state index in [4.69, 9.17) is 9.47 Å². The maximum atomic E-state index is 11.2. The van der Waals surface area contributed by atoms with Gasteiger partial charge in [0.25, 0.3) is 6.20 Å². The van der Waals surface area contributed by atoms with Gasteiger partial charge in [0.2, 0.25) is 0 Å². The third-order valence-electron chi connectivity index (χ3n) is 5.09. The number of ether oxygens (including phenoxy) is 2. The topological polar surface area (TPSA) is 71.3 Å². The van der Waals surface area contributed by atoms with E-state index < -0.39 is 0 Å². The number of nitrogens with zero attached hydrogens (tertiary/aromatic N) is 4. The van der Waals surface area contributed by atoms with E-state index in [1.165, 1.54) is 5.56 Å². The molecule has 8 nitrogen and oxygen atoms in total. The van der Waals surface area contributed by atoms with Crippen LogP contribution in [0.3, 0.4) is 0 Å². The summed E-state index contributed by atoms with van der Waals surface area (Å²) in [5, 5.41) is 11.2. The standard InChI is InChI=1S/C18H26N4O4/c1-19-6-8-20(9-7-19)18(13-22(23)24)21-5-4-14-10-16(25-2)17(26-3)11-15(14)12-21/h10-11,13H,4-9,12H2,1-3H3/b18-13-. The van der Waals surface area contributed by atoms with Gasteiger partial charge < -0.3 is 24.2 Å². The maximum absolute atomic E-state index is 11.2. The SMILES string of the molecule is COc1cc2c(cc1OC)CN(/C(=C\[N+](=O)[O-])N1CCN(C)CC1)CC2. The van der Waals surface area contributed by atoms with Gasteiger partial charge in [-0.3, -0.25) is 10.1 Å². The fourth-order valence-electron chi connectivity index (χ4n) is 3.57. The van der Waals surface area contributed by atoms with Gasteiger partial charge >= 0.3 is 0 Å². The number of likely N-dealkylation sites (N-methyl/N-ethyl adjacent to an activating group) is 1. The maximum Gasteiger partial charge on any atom is 0.274 e. The van der Waals surface area contributed by atoms with Crippen molar-refractivity contribution in [3.8, 4) is 11.5 Å². The molecule has 0 bridgehead atoms. The van der Waals surface area contributed by atoms with Crippen molar-refractivity contribution in [1.29, 1.82) is 0 Å². The average Bonchev–Trinajstić information content (AvgIpc) is 2.65. The molecule has 1 aromatic rings. The van der Waals surface area contributed by atoms with E-state index >= 15 is 0 Å². The zero-order valence-corrected chi connectivity index (χ0v) is 15.6. The van der Waals surface area contributed by atoms with Crippen LogP contribution in [0.5, 0.6) is 11.5 Å². The van der Waals surface area contributed by atoms with Crippen LogP contribution >= 0.6 is 0 Å². The van der Waals surface area contributed by atoms with Gasteiger partial charge in [-0.25, -0.2) is 0 Å². The Morgan fingerprint density at radius 3 is 2.23 bits per heavy atom. The highest BCUT2D eigenvalue weighted by atomic mass is 16.6. The third kappa shape index (κ3) is 3.85. The quantitative estimate of drug-likeness (QED) is 0.579. The van der Waals surface area contributed by atoms with E-state index in [1.807, 2.05) is 12.1 Å². The third-order valence-corrected chi connectivity index (χ3v) is 5.09. The molecular weight excluding hydrogens is 336 g/mol. The smallest absolute Gasteiger partial charge is 0.274 e. The van der Waals surface area contributed by atoms with Crippen LogP contribution < -0.4 is 9.47 Å². The van der Waals surface area contributed by atoms with E-state index in [0.717, 1.165) is 56.7 Å². The van der Waals surface area contributed by atoms with E-state index in [0.29, 0.717) is 18.1 Å². The molecule has 0 atom stereocenters. The lowest BCUT2D eigenvalue weighted by Crippen LogP contribution is -2.48. The Morgan fingerprint density at radius 2 is 1.65 bits per heavy atom. The molecule has 26 heavy (non-hydrogen) atoms. The lowest BCUT2D eigenvalue weighted by Gasteiger charge is -2.40. The van der Waals surface area contributed by atoms with Crippen LogP contribution in [0.1, 0.15) is 11.1 Å². The minimum atomic E-state index is -0.349. The van der Waals surface area contributed by atoms with Gasteiger partial charge in [-0.05, 0) is 36.7 Å². The molecule has 1 aromatic carbocycles. The van der Waals surface area contributed by atoms with Crippen molar-refractivity contribution in [2.75, 3.05) is 54.0 Å². The molecule has 1 saturated heterocycles. The van der Waals surface area contributed by atoms with Crippen molar-refractivity contribution in [3.05, 3.63) is 45.4 Å². The fourth-order valence-corrected chi connectivity index (χ4v) is 3.57. The first-order valence-electron chi connectivity index (χ1n) is 8.79. The number of rotatable bonds is 5. The van der Waals surface area contributed by atoms with Crippen molar-refractivity contribution in [2.24, 2.45) is 0 Å². The van der Waals surface area contributed by atoms with E-state index in [9.17, 15) is 10.1 Å². The second kappa shape index (κ2) is 7.82. The molecule has 0 amide bonds. The molecule has 1 fully saturated rings. The summed E-state index contributed by atoms with van der Waals surface area (Å²) in [6, 6.07) is 3.99. The monoisotopic (exact) mass is 362 g/mol. The first kappa shape index (κ1) is 18.3. The lowest BCUT2D eigenvalue weighted by molar-refractivity contribution is -0.405. The van der Waals surface area contributed by atoms with E-state index in [1.54, 1.807) is 14.2 Å². The molecule has 3 rings (SSSR count). The van der Waals surface area contributed by atoms with Crippen LogP contribution in [0.15, 0.2) is 24.2 Å². The zero-order chi connectivity index (χ0) is 18.7. The van der Waals surface area contributed by atoms with Crippen molar-refractivity contribution in [1.82, 2.24) is 14.7 Å². The fraction of sp³-hybridized carbons (Fsp3) is 0.556. The van der Waals surface area contributed by atoms with E-state index in [-0.39, 0.29) is 4.92 Å². The number of methoxy groups -OCH3 is 2. The van der Waals surface area contributed by atoms with Crippen molar-refractivity contribution in [3.63, 3.8) is 0 Å². The molecular formula is C18H26N4O4. The number of hydrogen-bond acceptors (Lipinski definition) is 7. The van der Waals surface area contributed by atoms with Crippen LogP contribution in [-0.4, -0.2) is 73.6 Å². The van der Waals surface area contributed by atoms with Gasteiger partial charge in [0.05, 0.1) is 19.1 Å². The normalized spacial score (nSPS) is 18.5. The van der Waals surface area contributed by atoms with Crippen molar-refractivity contribution < 1.29 is 14.4 Å². The molecule has 0 spiro atoms. The number of benzene rings is 1. The summed E-state index contributed by atoms with van der Waals surface area (Å²) in [5.74, 6) is 2.11. The molecule has 0 saturated carbocycles. The van der Waals surface area contributed by atoms with Crippen LogP contribution in [0.25, 0.3) is 0 Å². The molecule has 8 heteroatoms. The minimum absolute atomic E-state index is 0.349. The van der Waals surface area contributed by atoms with Gasteiger partial charge in [0.1, 0.15) is 0 Å². The van der Waals surface area contributed by atoms with Gasteiger partial charge in [-0.15, -0.1) is 0 Å². The summed E-state index contributed by atoms with van der Waals surface area (Å²) in [6.07, 6.45) is 1.97. The Bertz CT molecular complexity index is 699. The van der Waals surface area contributed by atoms with Gasteiger partial charge in [-0.2, -0.15) is 0 Å². The summed E-state index contributed by atoms with van der Waals surface area (Å²) in [4.78, 5) is 17.3. The highest BCUT2D eigenvalue weighted by Crippen LogP contribution is 2.34. The average molecular weight is 362 g/mol. The number of piperazine rings is 1. The van der Waals surface area contributed by atoms with Crippen LogP contribution in [-0.2, 0) is 13.0 Å². The summed E-state index contributed by atoms with van der Waals surface area (Å²) in [6.45, 7) is 4.78. The number of nitro groups is 1. The molecule has 2 aliphatic rings. The Kier molecular flexibility index (Phi) is 5.51. The minimum Gasteiger partial charge on any atom is -0.493 e. The van der Waals surface area contributed by atoms with Gasteiger partial charge in [0.15, 0.2) is 17.3 Å². The highest BCUT2D eigenvalue weighted by Gasteiger charge is 2.27. The Labute approximate surface area is 153 Å². The van der Waals surface area contributed by atoms with Crippen LogP contribution in [0, 0.1) is 10.1 Å². The zero-order valence-electron chi connectivity index (χ0n) is 15.6. The molecule has 0 unspecified atom stereocenters. The van der Waals surface area contributed by atoms with Crippen molar-refractivity contribution >= 4 is 0 Å². The van der Waals surface area contributed by atoms with Gasteiger partial charge in [-0.1, -0.05) is 0 Å².